The summed E-state index contributed by atoms with van der Waals surface area (Å²) in [7, 11) is 0. The van der Waals surface area contributed by atoms with Crippen LogP contribution in [0.15, 0.2) is 71.5 Å². The molecule has 1 aromatic heterocycles. The van der Waals surface area contributed by atoms with E-state index in [-0.39, 0.29) is 48.4 Å². The Balaban J connectivity index is 1.69. The molecule has 200 valence electrons. The highest BCUT2D eigenvalue weighted by Crippen LogP contribution is 2.36. The fourth-order valence-electron chi connectivity index (χ4n) is 3.93. The maximum absolute atomic E-state index is 13.3. The summed E-state index contributed by atoms with van der Waals surface area (Å²) in [4.78, 5) is 13.2. The molecule has 4 rings (SSSR count). The topological polar surface area (TPSA) is 39.8 Å². The maximum Gasteiger partial charge on any atom is 0.416 e. The molecule has 0 amide bonds. The molecule has 0 unspecified atom stereocenters. The molecule has 3 aromatic carbocycles. The Morgan fingerprint density at radius 3 is 1.89 bits per heavy atom. The minimum atomic E-state index is -4.95. The van der Waals surface area contributed by atoms with Gasteiger partial charge in [0.1, 0.15) is 5.82 Å². The predicted molar refractivity (Wildman–Crippen MR) is 131 cm³/mol. The molecule has 0 saturated heterocycles. The summed E-state index contributed by atoms with van der Waals surface area (Å²) < 4.78 is 82.2. The van der Waals surface area contributed by atoms with E-state index in [0.29, 0.717) is 22.7 Å². The highest BCUT2D eigenvalue weighted by atomic mass is 35.5. The van der Waals surface area contributed by atoms with E-state index in [2.05, 4.69) is 5.10 Å². The van der Waals surface area contributed by atoms with Crippen LogP contribution in [0.1, 0.15) is 33.6 Å². The van der Waals surface area contributed by atoms with Crippen LogP contribution < -0.4 is 5.69 Å². The maximum atomic E-state index is 13.3. The Labute approximate surface area is 223 Å². The molecule has 0 spiro atoms. The summed E-state index contributed by atoms with van der Waals surface area (Å²) in [6, 6.07) is 15.2. The molecule has 38 heavy (non-hydrogen) atoms. The van der Waals surface area contributed by atoms with Crippen LogP contribution >= 0.6 is 23.2 Å². The molecule has 4 nitrogen and oxygen atoms in total. The van der Waals surface area contributed by atoms with Crippen LogP contribution in [0.3, 0.4) is 0 Å². The molecular formula is C26H19Cl2F6N3O. The zero-order valence-corrected chi connectivity index (χ0v) is 21.0. The van der Waals surface area contributed by atoms with Crippen molar-refractivity contribution in [2.24, 2.45) is 0 Å². The number of benzene rings is 3. The van der Waals surface area contributed by atoms with Crippen molar-refractivity contribution in [2.45, 2.75) is 38.3 Å². The Morgan fingerprint density at radius 2 is 1.32 bits per heavy atom. The van der Waals surface area contributed by atoms with Gasteiger partial charge in [0.2, 0.25) is 0 Å². The van der Waals surface area contributed by atoms with Crippen molar-refractivity contribution < 1.29 is 26.3 Å². The Bertz CT molecular complexity index is 1460. The van der Waals surface area contributed by atoms with Gasteiger partial charge in [-0.25, -0.2) is 9.48 Å². The summed E-state index contributed by atoms with van der Waals surface area (Å²) in [5.74, 6) is 0.213. The first-order valence-electron chi connectivity index (χ1n) is 11.2. The quantitative estimate of drug-likeness (QED) is 0.218. The highest BCUT2D eigenvalue weighted by molar-refractivity contribution is 6.42. The predicted octanol–water partition coefficient (Wildman–Crippen LogP) is 7.27. The van der Waals surface area contributed by atoms with Crippen LogP contribution in [0.4, 0.5) is 26.3 Å². The van der Waals surface area contributed by atoms with Gasteiger partial charge in [0.25, 0.3) is 0 Å². The lowest BCUT2D eigenvalue weighted by Gasteiger charge is -2.14. The molecular weight excluding hydrogens is 555 g/mol. The number of hydrogen-bond donors (Lipinski definition) is 0. The van der Waals surface area contributed by atoms with Crippen LogP contribution in [-0.2, 0) is 38.3 Å². The molecule has 0 radical (unpaired) electrons. The first-order chi connectivity index (χ1) is 17.8. The summed E-state index contributed by atoms with van der Waals surface area (Å²) in [6.45, 7) is 0.152. The second-order valence-corrected chi connectivity index (χ2v) is 9.41. The van der Waals surface area contributed by atoms with Gasteiger partial charge in [-0.15, -0.1) is 0 Å². The largest absolute Gasteiger partial charge is 0.416 e. The molecule has 0 aliphatic heterocycles. The van der Waals surface area contributed by atoms with Gasteiger partial charge in [-0.3, -0.25) is 4.57 Å². The first-order valence-corrected chi connectivity index (χ1v) is 12.0. The van der Waals surface area contributed by atoms with E-state index >= 15 is 0 Å². The standard InChI is InChI=1S/C26H19Cl2F6N3O/c27-21-8-6-18(12-22(21)28)15-37-24(38)36(14-16-4-2-1-3-5-16)23(35-37)9-7-17-10-19(25(29,30)31)13-20(11-17)26(32,33)34/h1-6,8,10-13H,7,9,14-15H2. The minimum Gasteiger partial charge on any atom is -0.274 e. The van der Waals surface area contributed by atoms with E-state index in [0.717, 1.165) is 5.56 Å². The van der Waals surface area contributed by atoms with Crippen molar-refractivity contribution in [3.8, 4) is 0 Å². The number of halogens is 8. The summed E-state index contributed by atoms with van der Waals surface area (Å²) in [5.41, 5.74) is -2.06. The SMILES string of the molecule is O=c1n(Cc2ccc(Cl)c(Cl)c2)nc(CCc2cc(C(F)(F)F)cc(C(F)(F)F)c2)n1Cc1ccccc1. The number of rotatable bonds is 7. The lowest BCUT2D eigenvalue weighted by molar-refractivity contribution is -0.143. The molecule has 0 N–H and O–H groups in total. The van der Waals surface area contributed by atoms with Crippen molar-refractivity contribution in [3.63, 3.8) is 0 Å². The Kier molecular flexibility index (Phi) is 7.94. The Morgan fingerprint density at radius 1 is 0.684 bits per heavy atom. The third-order valence-electron chi connectivity index (χ3n) is 5.78. The normalized spacial score (nSPS) is 12.2. The molecule has 0 aliphatic rings. The molecule has 0 saturated carbocycles. The van der Waals surface area contributed by atoms with E-state index < -0.39 is 29.2 Å². The third-order valence-corrected chi connectivity index (χ3v) is 6.52. The van der Waals surface area contributed by atoms with Gasteiger partial charge in [-0.2, -0.15) is 31.4 Å². The summed E-state index contributed by atoms with van der Waals surface area (Å²) in [5, 5.41) is 4.97. The average molecular weight is 574 g/mol. The van der Waals surface area contributed by atoms with Gasteiger partial charge < -0.3 is 0 Å². The lowest BCUT2D eigenvalue weighted by Crippen LogP contribution is -2.26. The van der Waals surface area contributed by atoms with Crippen molar-refractivity contribution in [1.82, 2.24) is 14.3 Å². The van der Waals surface area contributed by atoms with Gasteiger partial charge in [-0.1, -0.05) is 59.6 Å². The molecule has 0 fully saturated rings. The van der Waals surface area contributed by atoms with Gasteiger partial charge in [0.05, 0.1) is 34.3 Å². The van der Waals surface area contributed by atoms with E-state index in [1.807, 2.05) is 0 Å². The van der Waals surface area contributed by atoms with Gasteiger partial charge in [-0.05, 0) is 53.4 Å². The van der Waals surface area contributed by atoms with E-state index in [9.17, 15) is 31.1 Å². The van der Waals surface area contributed by atoms with Crippen LogP contribution in [0.5, 0.6) is 0 Å². The fourth-order valence-corrected chi connectivity index (χ4v) is 4.25. The van der Waals surface area contributed by atoms with E-state index in [1.54, 1.807) is 48.5 Å². The fraction of sp³-hybridized carbons (Fsp3) is 0.231. The number of hydrogen-bond acceptors (Lipinski definition) is 2. The molecule has 0 bridgehead atoms. The number of aromatic nitrogens is 3. The van der Waals surface area contributed by atoms with Crippen LogP contribution in [0, 0.1) is 0 Å². The molecule has 0 atom stereocenters. The van der Waals surface area contributed by atoms with Gasteiger partial charge >= 0.3 is 18.0 Å². The smallest absolute Gasteiger partial charge is 0.274 e. The molecule has 1 heterocycles. The summed E-state index contributed by atoms with van der Waals surface area (Å²) >= 11 is 12.0. The first kappa shape index (κ1) is 27.8. The Hall–Kier alpha value is -3.24. The number of aryl methyl sites for hydroxylation is 2. The zero-order valence-electron chi connectivity index (χ0n) is 19.5. The van der Waals surface area contributed by atoms with Crippen molar-refractivity contribution >= 4 is 23.2 Å². The van der Waals surface area contributed by atoms with Crippen LogP contribution in [-0.4, -0.2) is 14.3 Å². The van der Waals surface area contributed by atoms with E-state index in [4.69, 9.17) is 23.2 Å². The van der Waals surface area contributed by atoms with Crippen molar-refractivity contribution in [1.29, 1.82) is 0 Å². The average Bonchev–Trinajstić information content (AvgIpc) is 3.13. The molecule has 12 heteroatoms. The molecule has 4 aromatic rings. The number of nitrogens with zero attached hydrogens (tertiary/aromatic N) is 3. The summed E-state index contributed by atoms with van der Waals surface area (Å²) in [6.07, 6.45) is -10.2. The van der Waals surface area contributed by atoms with Gasteiger partial charge in [0.15, 0.2) is 0 Å². The zero-order chi connectivity index (χ0) is 27.7. The van der Waals surface area contributed by atoms with E-state index in [1.165, 1.54) is 9.25 Å². The van der Waals surface area contributed by atoms with Crippen LogP contribution in [0.2, 0.25) is 10.0 Å². The second kappa shape index (κ2) is 10.9. The van der Waals surface area contributed by atoms with Crippen molar-refractivity contribution in [2.75, 3.05) is 0 Å². The third kappa shape index (κ3) is 6.60. The highest BCUT2D eigenvalue weighted by Gasteiger charge is 2.36. The second-order valence-electron chi connectivity index (χ2n) is 8.59. The van der Waals surface area contributed by atoms with Gasteiger partial charge in [0, 0.05) is 6.42 Å². The van der Waals surface area contributed by atoms with Crippen LogP contribution in [0.25, 0.3) is 0 Å². The van der Waals surface area contributed by atoms with Crippen molar-refractivity contribution in [3.05, 3.63) is 121 Å². The lowest BCUT2D eigenvalue weighted by atomic mass is 10.0. The molecule has 0 aliphatic carbocycles. The minimum absolute atomic E-state index is 0.0340. The number of alkyl halides is 6. The monoisotopic (exact) mass is 573 g/mol.